The maximum atomic E-state index is 13.3. The number of anilines is 1. The van der Waals surface area contributed by atoms with Crippen LogP contribution in [0.1, 0.15) is 51.9 Å². The van der Waals surface area contributed by atoms with Gasteiger partial charge in [-0.3, -0.25) is 9.59 Å². The first-order valence-electron chi connectivity index (χ1n) is 16.4. The molecule has 2 N–H and O–H groups in total. The van der Waals surface area contributed by atoms with Crippen molar-refractivity contribution in [3.05, 3.63) is 55.0 Å². The topological polar surface area (TPSA) is 145 Å². The van der Waals surface area contributed by atoms with E-state index in [1.807, 2.05) is 46.0 Å². The van der Waals surface area contributed by atoms with Gasteiger partial charge in [-0.2, -0.15) is 4.98 Å². The Bertz CT molecular complexity index is 1670. The molecular weight excluding hydrogens is 620 g/mol. The molecule has 2 fully saturated rings. The number of ether oxygens (including phenoxy) is 2. The summed E-state index contributed by atoms with van der Waals surface area (Å²) in [5, 5.41) is 7.12. The molecule has 2 aromatic heterocycles. The molecule has 13 heteroatoms. The van der Waals surface area contributed by atoms with E-state index in [0.717, 1.165) is 42.3 Å². The minimum atomic E-state index is -3.03. The molecule has 0 radical (unpaired) electrons. The Balaban J connectivity index is 1.12. The summed E-state index contributed by atoms with van der Waals surface area (Å²) in [4.78, 5) is 36.5. The van der Waals surface area contributed by atoms with Crippen molar-refractivity contribution in [3.63, 3.8) is 0 Å². The molecule has 47 heavy (non-hydrogen) atoms. The first-order valence-corrected chi connectivity index (χ1v) is 18.4. The third kappa shape index (κ3) is 8.89. The fourth-order valence-electron chi connectivity index (χ4n) is 6.28. The molecule has 1 aliphatic heterocycles. The Labute approximate surface area is 276 Å². The Morgan fingerprint density at radius 2 is 1.79 bits per heavy atom. The van der Waals surface area contributed by atoms with Gasteiger partial charge in [0.2, 0.25) is 11.9 Å². The number of carbonyl (C=O) groups excluding carboxylic acids is 2. The molecule has 0 spiro atoms. The molecule has 1 aliphatic carbocycles. The van der Waals surface area contributed by atoms with Crippen molar-refractivity contribution < 1.29 is 27.5 Å². The summed E-state index contributed by atoms with van der Waals surface area (Å²) in [7, 11) is -1.30. The highest BCUT2D eigenvalue weighted by Crippen LogP contribution is 2.35. The molecule has 5 rings (SSSR count). The highest BCUT2D eigenvalue weighted by atomic mass is 32.2. The summed E-state index contributed by atoms with van der Waals surface area (Å²) in [5.41, 5.74) is 1.75. The van der Waals surface area contributed by atoms with Crippen LogP contribution in [0.5, 0.6) is 5.75 Å². The lowest BCUT2D eigenvalue weighted by atomic mass is 9.80. The van der Waals surface area contributed by atoms with E-state index < -0.39 is 9.84 Å². The number of sulfone groups is 1. The SMILES string of the molecule is C=C(Nc1nccc(-n2ccc3c(OCCCS(C)(=O)=O)cccc32)n1)C1CCC(C(=O)N2CCC(OC(=O)[C@H](C)NC)CC2)CC1. The van der Waals surface area contributed by atoms with Gasteiger partial charge < -0.3 is 29.6 Å². The molecule has 254 valence electrons. The first-order chi connectivity index (χ1) is 22.5. The molecule has 0 unspecified atom stereocenters. The van der Waals surface area contributed by atoms with Crippen LogP contribution in [0.3, 0.4) is 0 Å². The van der Waals surface area contributed by atoms with Crippen molar-refractivity contribution in [1.29, 1.82) is 0 Å². The number of amides is 1. The summed E-state index contributed by atoms with van der Waals surface area (Å²) >= 11 is 0. The van der Waals surface area contributed by atoms with Crippen molar-refractivity contribution >= 4 is 38.6 Å². The Hall–Kier alpha value is -3.97. The zero-order valence-electron chi connectivity index (χ0n) is 27.5. The number of nitrogens with one attached hydrogen (secondary N) is 2. The van der Waals surface area contributed by atoms with Crippen LogP contribution in [-0.2, 0) is 24.2 Å². The van der Waals surface area contributed by atoms with Gasteiger partial charge in [-0.25, -0.2) is 13.4 Å². The van der Waals surface area contributed by atoms with E-state index in [1.54, 1.807) is 20.2 Å². The van der Waals surface area contributed by atoms with Gasteiger partial charge in [0.1, 0.15) is 33.6 Å². The van der Waals surface area contributed by atoms with Gasteiger partial charge in [-0.15, -0.1) is 0 Å². The van der Waals surface area contributed by atoms with Crippen LogP contribution in [0.15, 0.2) is 55.0 Å². The summed E-state index contributed by atoms with van der Waals surface area (Å²) < 4.78 is 36.3. The van der Waals surface area contributed by atoms with Gasteiger partial charge in [0.15, 0.2) is 0 Å². The first kappa shape index (κ1) is 34.4. The number of carbonyl (C=O) groups is 2. The van der Waals surface area contributed by atoms with E-state index in [0.29, 0.717) is 56.5 Å². The van der Waals surface area contributed by atoms with Crippen LogP contribution >= 0.6 is 0 Å². The average Bonchev–Trinajstić information content (AvgIpc) is 3.51. The normalized spacial score (nSPS) is 19.7. The molecular formula is C34H46N6O6S. The number of allylic oxidation sites excluding steroid dienone is 1. The van der Waals surface area contributed by atoms with Gasteiger partial charge in [0.25, 0.3) is 0 Å². The number of likely N-dealkylation sites (tertiary alicyclic amines) is 1. The number of esters is 1. The zero-order chi connectivity index (χ0) is 33.6. The number of benzene rings is 1. The highest BCUT2D eigenvalue weighted by Gasteiger charge is 2.33. The third-order valence-electron chi connectivity index (χ3n) is 9.16. The van der Waals surface area contributed by atoms with E-state index >= 15 is 0 Å². The fourth-order valence-corrected chi connectivity index (χ4v) is 6.92. The molecule has 3 aromatic rings. The lowest BCUT2D eigenvalue weighted by Crippen LogP contribution is -2.45. The van der Waals surface area contributed by atoms with Crippen molar-refractivity contribution in [1.82, 2.24) is 24.8 Å². The van der Waals surface area contributed by atoms with Crippen LogP contribution in [0.4, 0.5) is 5.95 Å². The molecule has 12 nitrogen and oxygen atoms in total. The number of likely N-dealkylation sites (N-methyl/N-ethyl adjacent to an activating group) is 1. The molecule has 2 aliphatic rings. The lowest BCUT2D eigenvalue weighted by Gasteiger charge is -2.36. The predicted octanol–water partition coefficient (Wildman–Crippen LogP) is 4.11. The molecule has 1 amide bonds. The maximum absolute atomic E-state index is 13.3. The molecule has 1 atom stereocenters. The fraction of sp³-hybridized carbons (Fsp3) is 0.529. The van der Waals surface area contributed by atoms with Crippen molar-refractivity contribution in [3.8, 4) is 11.6 Å². The predicted molar refractivity (Wildman–Crippen MR) is 181 cm³/mol. The minimum absolute atomic E-state index is 0.00221. The van der Waals surface area contributed by atoms with Gasteiger partial charge in [-0.1, -0.05) is 12.6 Å². The van der Waals surface area contributed by atoms with Crippen molar-refractivity contribution in [2.24, 2.45) is 11.8 Å². The summed E-state index contributed by atoms with van der Waals surface area (Å²) in [5.74, 6) is 2.07. The van der Waals surface area contributed by atoms with Crippen LogP contribution < -0.4 is 15.4 Å². The van der Waals surface area contributed by atoms with E-state index in [1.165, 1.54) is 6.26 Å². The lowest BCUT2D eigenvalue weighted by molar-refractivity contribution is -0.154. The van der Waals surface area contributed by atoms with Crippen LogP contribution in [0, 0.1) is 11.8 Å². The number of piperidine rings is 1. The average molecular weight is 667 g/mol. The van der Waals surface area contributed by atoms with E-state index in [9.17, 15) is 18.0 Å². The quantitative estimate of drug-likeness (QED) is 0.202. The molecule has 1 saturated heterocycles. The number of aromatic nitrogens is 3. The number of rotatable bonds is 13. The smallest absolute Gasteiger partial charge is 0.323 e. The number of hydrogen-bond acceptors (Lipinski definition) is 10. The van der Waals surface area contributed by atoms with Gasteiger partial charge in [0.05, 0.1) is 17.9 Å². The molecule has 3 heterocycles. The Morgan fingerprint density at radius 3 is 2.49 bits per heavy atom. The summed E-state index contributed by atoms with van der Waals surface area (Å²) in [6, 6.07) is 9.21. The molecule has 1 saturated carbocycles. The van der Waals surface area contributed by atoms with Crippen LogP contribution in [0.2, 0.25) is 0 Å². The van der Waals surface area contributed by atoms with Gasteiger partial charge in [0, 0.05) is 61.6 Å². The van der Waals surface area contributed by atoms with Crippen molar-refractivity contribution in [2.45, 2.75) is 64.0 Å². The summed E-state index contributed by atoms with van der Waals surface area (Å²) in [6.07, 6.45) is 9.79. The van der Waals surface area contributed by atoms with E-state index in [-0.39, 0.29) is 41.6 Å². The molecule has 1 aromatic carbocycles. The van der Waals surface area contributed by atoms with Crippen molar-refractivity contribution in [2.75, 3.05) is 44.1 Å². The molecule has 0 bridgehead atoms. The second-order valence-electron chi connectivity index (χ2n) is 12.6. The zero-order valence-corrected chi connectivity index (χ0v) is 28.3. The summed E-state index contributed by atoms with van der Waals surface area (Å²) in [6.45, 7) is 7.61. The van der Waals surface area contributed by atoms with Gasteiger partial charge >= 0.3 is 5.97 Å². The second-order valence-corrected chi connectivity index (χ2v) is 14.9. The van der Waals surface area contributed by atoms with E-state index in [2.05, 4.69) is 22.2 Å². The number of hydrogen-bond donors (Lipinski definition) is 2. The second kappa shape index (κ2) is 15.3. The monoisotopic (exact) mass is 666 g/mol. The number of nitrogens with zero attached hydrogens (tertiary/aromatic N) is 4. The largest absolute Gasteiger partial charge is 0.493 e. The van der Waals surface area contributed by atoms with E-state index in [4.69, 9.17) is 14.5 Å². The number of fused-ring (bicyclic) bond motifs is 1. The van der Waals surface area contributed by atoms with Gasteiger partial charge in [-0.05, 0) is 76.3 Å². The third-order valence-corrected chi connectivity index (χ3v) is 10.2. The van der Waals surface area contributed by atoms with Crippen LogP contribution in [0.25, 0.3) is 16.7 Å². The van der Waals surface area contributed by atoms with Crippen LogP contribution in [-0.4, -0.2) is 90.6 Å². The highest BCUT2D eigenvalue weighted by molar-refractivity contribution is 7.90. The maximum Gasteiger partial charge on any atom is 0.323 e. The standard InChI is InChI=1S/C34H46N6O6S/c1-23(25-9-11-26(12-10-25)32(41)39-18-14-27(15-19-39)46-33(42)24(2)35-3)37-34-36-17-13-31(38-34)40-20-16-28-29(40)7-5-8-30(28)45-21-6-22-47(4,43)44/h5,7-8,13,16-17,20,24-27,35H,1,6,9-12,14-15,18-19,21-22H2,2-4H3,(H,36,37,38)/t24-,25?,26?/m0/s1. The Morgan fingerprint density at radius 1 is 1.06 bits per heavy atom. The Kier molecular flexibility index (Phi) is 11.2. The minimum Gasteiger partial charge on any atom is -0.493 e.